The van der Waals surface area contributed by atoms with Gasteiger partial charge in [0.05, 0.1) is 12.2 Å². The van der Waals surface area contributed by atoms with Crippen LogP contribution in [0.1, 0.15) is 35.7 Å². The van der Waals surface area contributed by atoms with Crippen LogP contribution in [0.4, 0.5) is 0 Å². The molecule has 1 unspecified atom stereocenters. The summed E-state index contributed by atoms with van der Waals surface area (Å²) >= 11 is 1.77. The number of piperidine rings is 1. The maximum Gasteiger partial charge on any atom is 0.107 e. The van der Waals surface area contributed by atoms with E-state index in [-0.39, 0.29) is 0 Å². The standard InChI is InChI=1S/C18H24N4S/c1-15-4-2-5-16(20-15)12-22-10-7-18(22)6-3-9-21(14-18)13-17-19-8-11-23-17/h2,4-5,8,11H,3,6-7,9-10,12-14H2,1H3. The van der Waals surface area contributed by atoms with E-state index in [1.54, 1.807) is 11.3 Å². The molecule has 4 heterocycles. The summed E-state index contributed by atoms with van der Waals surface area (Å²) in [6, 6.07) is 6.36. The second-order valence-electron chi connectivity index (χ2n) is 6.91. The lowest BCUT2D eigenvalue weighted by atomic mass is 9.77. The lowest BCUT2D eigenvalue weighted by Gasteiger charge is -2.57. The third-order valence-corrected chi connectivity index (χ3v) is 6.06. The zero-order chi connectivity index (χ0) is 15.7. The van der Waals surface area contributed by atoms with Gasteiger partial charge in [-0.1, -0.05) is 6.07 Å². The highest BCUT2D eigenvalue weighted by atomic mass is 32.1. The predicted molar refractivity (Wildman–Crippen MR) is 93.4 cm³/mol. The SMILES string of the molecule is Cc1cccc(CN2CCC23CCCN(Cc2nccs2)C3)n1. The molecule has 4 nitrogen and oxygen atoms in total. The van der Waals surface area contributed by atoms with E-state index in [0.717, 1.165) is 18.8 Å². The maximum atomic E-state index is 4.69. The number of thiazole rings is 1. The van der Waals surface area contributed by atoms with Crippen LogP contribution in [0.25, 0.3) is 0 Å². The highest BCUT2D eigenvalue weighted by Gasteiger charge is 2.46. The minimum atomic E-state index is 0.376. The van der Waals surface area contributed by atoms with Crippen molar-refractivity contribution in [3.63, 3.8) is 0 Å². The summed E-state index contributed by atoms with van der Waals surface area (Å²) in [5, 5.41) is 3.32. The molecule has 0 N–H and O–H groups in total. The van der Waals surface area contributed by atoms with Crippen molar-refractivity contribution in [2.24, 2.45) is 0 Å². The Kier molecular flexibility index (Phi) is 4.18. The molecule has 2 aliphatic heterocycles. The minimum absolute atomic E-state index is 0.376. The molecule has 1 atom stereocenters. The Morgan fingerprint density at radius 2 is 2.17 bits per heavy atom. The van der Waals surface area contributed by atoms with E-state index in [1.165, 1.54) is 49.6 Å². The van der Waals surface area contributed by atoms with Crippen LogP contribution in [-0.4, -0.2) is 44.9 Å². The number of pyridine rings is 1. The first-order chi connectivity index (χ1) is 11.2. The number of hydrogen-bond acceptors (Lipinski definition) is 5. The number of likely N-dealkylation sites (tertiary alicyclic amines) is 2. The third-order valence-electron chi connectivity index (χ3n) is 5.29. The summed E-state index contributed by atoms with van der Waals surface area (Å²) in [5.41, 5.74) is 2.70. The fraction of sp³-hybridized carbons (Fsp3) is 0.556. The number of rotatable bonds is 4. The van der Waals surface area contributed by atoms with E-state index in [4.69, 9.17) is 0 Å². The second-order valence-corrected chi connectivity index (χ2v) is 7.89. The van der Waals surface area contributed by atoms with Gasteiger partial charge >= 0.3 is 0 Å². The van der Waals surface area contributed by atoms with Crippen molar-refractivity contribution in [3.05, 3.63) is 46.2 Å². The quantitative estimate of drug-likeness (QED) is 0.863. The Labute approximate surface area is 142 Å². The molecule has 4 rings (SSSR count). The van der Waals surface area contributed by atoms with Crippen molar-refractivity contribution in [1.82, 2.24) is 19.8 Å². The minimum Gasteiger partial charge on any atom is -0.295 e. The topological polar surface area (TPSA) is 32.3 Å². The van der Waals surface area contributed by atoms with Crippen molar-refractivity contribution < 1.29 is 0 Å². The van der Waals surface area contributed by atoms with E-state index in [0.29, 0.717) is 5.54 Å². The van der Waals surface area contributed by atoms with Crippen LogP contribution < -0.4 is 0 Å². The molecule has 0 aliphatic carbocycles. The van der Waals surface area contributed by atoms with Crippen molar-refractivity contribution in [1.29, 1.82) is 0 Å². The Balaban J connectivity index is 1.43. The van der Waals surface area contributed by atoms with Crippen LogP contribution in [0.5, 0.6) is 0 Å². The molecule has 0 radical (unpaired) electrons. The molecule has 122 valence electrons. The average molecular weight is 328 g/mol. The summed E-state index contributed by atoms with van der Waals surface area (Å²) in [5.74, 6) is 0. The molecule has 2 aromatic rings. The van der Waals surface area contributed by atoms with Crippen molar-refractivity contribution in [3.8, 4) is 0 Å². The molecule has 23 heavy (non-hydrogen) atoms. The van der Waals surface area contributed by atoms with Gasteiger partial charge < -0.3 is 0 Å². The van der Waals surface area contributed by atoms with Crippen LogP contribution in [0.15, 0.2) is 29.8 Å². The van der Waals surface area contributed by atoms with Crippen LogP contribution in [0.3, 0.4) is 0 Å². The largest absolute Gasteiger partial charge is 0.295 e. The van der Waals surface area contributed by atoms with Crippen LogP contribution in [-0.2, 0) is 13.1 Å². The second kappa shape index (κ2) is 6.30. The van der Waals surface area contributed by atoms with Crippen LogP contribution in [0, 0.1) is 6.92 Å². The predicted octanol–water partition coefficient (Wildman–Crippen LogP) is 3.09. The summed E-state index contributed by atoms with van der Waals surface area (Å²) in [6.07, 6.45) is 5.86. The first-order valence-corrected chi connectivity index (χ1v) is 9.40. The van der Waals surface area contributed by atoms with Gasteiger partial charge in [0.15, 0.2) is 0 Å². The number of aryl methyl sites for hydroxylation is 1. The summed E-state index contributed by atoms with van der Waals surface area (Å²) in [4.78, 5) is 14.4. The number of aromatic nitrogens is 2. The van der Waals surface area contributed by atoms with Crippen molar-refractivity contribution in [2.75, 3.05) is 19.6 Å². The van der Waals surface area contributed by atoms with Gasteiger partial charge in [-0.2, -0.15) is 0 Å². The average Bonchev–Trinajstić information content (AvgIpc) is 3.05. The molecule has 2 aromatic heterocycles. The smallest absolute Gasteiger partial charge is 0.107 e. The van der Waals surface area contributed by atoms with Gasteiger partial charge in [-0.25, -0.2) is 4.98 Å². The van der Waals surface area contributed by atoms with Gasteiger partial charge in [0.2, 0.25) is 0 Å². The highest BCUT2D eigenvalue weighted by molar-refractivity contribution is 7.09. The summed E-state index contributed by atoms with van der Waals surface area (Å²) in [7, 11) is 0. The Morgan fingerprint density at radius 1 is 1.22 bits per heavy atom. The molecule has 0 amide bonds. The fourth-order valence-corrected chi connectivity index (χ4v) is 4.70. The van der Waals surface area contributed by atoms with E-state index >= 15 is 0 Å². The van der Waals surface area contributed by atoms with Crippen molar-refractivity contribution in [2.45, 2.75) is 44.8 Å². The van der Waals surface area contributed by atoms with E-state index in [9.17, 15) is 0 Å². The first-order valence-electron chi connectivity index (χ1n) is 8.52. The number of nitrogens with zero attached hydrogens (tertiary/aromatic N) is 4. The van der Waals surface area contributed by atoms with E-state index < -0.39 is 0 Å². The Morgan fingerprint density at radius 3 is 2.91 bits per heavy atom. The molecule has 5 heteroatoms. The molecule has 0 saturated carbocycles. The van der Waals surface area contributed by atoms with Gasteiger partial charge in [0, 0.05) is 42.4 Å². The molecule has 2 aliphatic rings. The highest BCUT2D eigenvalue weighted by Crippen LogP contribution is 2.39. The lowest BCUT2D eigenvalue weighted by molar-refractivity contribution is -0.0741. The van der Waals surface area contributed by atoms with Gasteiger partial charge in [0.25, 0.3) is 0 Å². The zero-order valence-electron chi connectivity index (χ0n) is 13.7. The van der Waals surface area contributed by atoms with Gasteiger partial charge in [0.1, 0.15) is 5.01 Å². The van der Waals surface area contributed by atoms with E-state index in [2.05, 4.69) is 50.3 Å². The first kappa shape index (κ1) is 15.2. The molecule has 0 bridgehead atoms. The molecular weight excluding hydrogens is 304 g/mol. The molecule has 1 spiro atoms. The Hall–Kier alpha value is -1.30. The van der Waals surface area contributed by atoms with Gasteiger partial charge in [-0.15, -0.1) is 11.3 Å². The Bertz CT molecular complexity index is 657. The molecule has 2 saturated heterocycles. The van der Waals surface area contributed by atoms with Crippen molar-refractivity contribution >= 4 is 11.3 Å². The monoisotopic (exact) mass is 328 g/mol. The normalized spacial score (nSPS) is 25.6. The summed E-state index contributed by atoms with van der Waals surface area (Å²) < 4.78 is 0. The summed E-state index contributed by atoms with van der Waals surface area (Å²) in [6.45, 7) is 7.67. The molecular formula is C18H24N4S. The zero-order valence-corrected chi connectivity index (χ0v) is 14.6. The molecule has 2 fully saturated rings. The van der Waals surface area contributed by atoms with E-state index in [1.807, 2.05) is 6.20 Å². The fourth-order valence-electron chi connectivity index (χ4n) is 4.04. The maximum absolute atomic E-state index is 4.69. The lowest BCUT2D eigenvalue weighted by Crippen LogP contribution is -2.66. The number of hydrogen-bond donors (Lipinski definition) is 0. The molecule has 0 aromatic carbocycles. The van der Waals surface area contributed by atoms with Crippen LogP contribution >= 0.6 is 11.3 Å². The van der Waals surface area contributed by atoms with Crippen LogP contribution in [0.2, 0.25) is 0 Å². The van der Waals surface area contributed by atoms with Gasteiger partial charge in [-0.3, -0.25) is 14.8 Å². The third kappa shape index (κ3) is 3.18. The van der Waals surface area contributed by atoms with Gasteiger partial charge in [-0.05, 0) is 44.9 Å².